The average molecular weight is 372 g/mol. The van der Waals surface area contributed by atoms with Gasteiger partial charge in [0.2, 0.25) is 5.91 Å². The zero-order valence-corrected chi connectivity index (χ0v) is 13.2. The van der Waals surface area contributed by atoms with Crippen molar-refractivity contribution >= 4 is 45.2 Å². The molecule has 0 saturated heterocycles. The standard InChI is InChI=1S/C13H12BrClN4O2/c14-8-1-2-10(15)9(7-8)13(21)17-12-4-6-19(18-12)5-3-11(16)20/h1-2,4,6-7H,3,5H2,(H2,16,20)(H,17,18,21). The normalized spacial score (nSPS) is 10.4. The summed E-state index contributed by atoms with van der Waals surface area (Å²) in [6, 6.07) is 6.64. The highest BCUT2D eigenvalue weighted by Gasteiger charge is 2.12. The van der Waals surface area contributed by atoms with Gasteiger partial charge in [-0.15, -0.1) is 0 Å². The number of benzene rings is 1. The summed E-state index contributed by atoms with van der Waals surface area (Å²) in [5, 5.41) is 7.11. The SMILES string of the molecule is NC(=O)CCn1ccc(NC(=O)c2cc(Br)ccc2Cl)n1. The maximum absolute atomic E-state index is 12.1. The van der Waals surface area contributed by atoms with E-state index >= 15 is 0 Å². The molecule has 8 heteroatoms. The minimum Gasteiger partial charge on any atom is -0.370 e. The summed E-state index contributed by atoms with van der Waals surface area (Å²) in [6.45, 7) is 0.364. The summed E-state index contributed by atoms with van der Waals surface area (Å²) >= 11 is 9.27. The molecule has 0 atom stereocenters. The van der Waals surface area contributed by atoms with Crippen LogP contribution in [0.5, 0.6) is 0 Å². The highest BCUT2D eigenvalue weighted by atomic mass is 79.9. The summed E-state index contributed by atoms with van der Waals surface area (Å²) in [6.07, 6.45) is 1.84. The van der Waals surface area contributed by atoms with E-state index in [9.17, 15) is 9.59 Å². The molecular weight excluding hydrogens is 360 g/mol. The summed E-state index contributed by atoms with van der Waals surface area (Å²) in [7, 11) is 0. The van der Waals surface area contributed by atoms with Gasteiger partial charge in [0.25, 0.3) is 5.91 Å². The van der Waals surface area contributed by atoms with Crippen LogP contribution < -0.4 is 11.1 Å². The Morgan fingerprint density at radius 2 is 2.14 bits per heavy atom. The van der Waals surface area contributed by atoms with Crippen molar-refractivity contribution in [2.24, 2.45) is 5.73 Å². The number of primary amides is 1. The quantitative estimate of drug-likeness (QED) is 0.846. The molecule has 0 saturated carbocycles. The second-order valence-corrected chi connectivity index (χ2v) is 5.58. The largest absolute Gasteiger partial charge is 0.370 e. The van der Waals surface area contributed by atoms with Crippen molar-refractivity contribution in [3.63, 3.8) is 0 Å². The van der Waals surface area contributed by atoms with Crippen LogP contribution in [0.2, 0.25) is 5.02 Å². The Kier molecular flexibility index (Phi) is 4.98. The van der Waals surface area contributed by atoms with Crippen molar-refractivity contribution in [1.82, 2.24) is 9.78 Å². The van der Waals surface area contributed by atoms with Crippen LogP contribution in [0, 0.1) is 0 Å². The number of aryl methyl sites for hydroxylation is 1. The predicted octanol–water partition coefficient (Wildman–Crippen LogP) is 2.43. The molecule has 0 fully saturated rings. The van der Waals surface area contributed by atoms with Gasteiger partial charge in [0.05, 0.1) is 10.6 Å². The molecule has 0 aliphatic carbocycles. The molecule has 0 aliphatic heterocycles. The number of nitrogens with zero attached hydrogens (tertiary/aromatic N) is 2. The fourth-order valence-electron chi connectivity index (χ4n) is 1.63. The lowest BCUT2D eigenvalue weighted by atomic mass is 10.2. The first-order valence-electron chi connectivity index (χ1n) is 6.04. The summed E-state index contributed by atoms with van der Waals surface area (Å²) in [5.41, 5.74) is 5.41. The van der Waals surface area contributed by atoms with Gasteiger partial charge in [0.15, 0.2) is 5.82 Å². The molecule has 3 N–H and O–H groups in total. The van der Waals surface area contributed by atoms with Crippen LogP contribution in [0.3, 0.4) is 0 Å². The van der Waals surface area contributed by atoms with E-state index in [4.69, 9.17) is 17.3 Å². The van der Waals surface area contributed by atoms with Gasteiger partial charge in [0, 0.05) is 29.7 Å². The first kappa shape index (κ1) is 15.5. The molecule has 1 aromatic carbocycles. The number of hydrogen-bond donors (Lipinski definition) is 2. The Morgan fingerprint density at radius 1 is 1.38 bits per heavy atom. The minimum absolute atomic E-state index is 0.187. The number of amides is 2. The number of aromatic nitrogens is 2. The molecule has 6 nitrogen and oxygen atoms in total. The van der Waals surface area contributed by atoms with Crippen molar-refractivity contribution in [3.05, 3.63) is 45.5 Å². The molecule has 2 aromatic rings. The topological polar surface area (TPSA) is 90.0 Å². The minimum atomic E-state index is -0.406. The number of halogens is 2. The van der Waals surface area contributed by atoms with Crippen molar-refractivity contribution in [2.45, 2.75) is 13.0 Å². The molecule has 1 heterocycles. The summed E-state index contributed by atoms with van der Waals surface area (Å²) in [4.78, 5) is 22.8. The van der Waals surface area contributed by atoms with Gasteiger partial charge in [-0.1, -0.05) is 27.5 Å². The first-order valence-corrected chi connectivity index (χ1v) is 7.21. The van der Waals surface area contributed by atoms with Gasteiger partial charge in [0.1, 0.15) is 0 Å². The number of rotatable bonds is 5. The first-order chi connectivity index (χ1) is 9.95. The second-order valence-electron chi connectivity index (χ2n) is 4.26. The number of nitrogens with one attached hydrogen (secondary N) is 1. The van der Waals surface area contributed by atoms with Crippen LogP contribution in [0.25, 0.3) is 0 Å². The number of hydrogen-bond acceptors (Lipinski definition) is 3. The Balaban J connectivity index is 2.06. The molecule has 1 aromatic heterocycles. The molecule has 2 amide bonds. The van der Waals surface area contributed by atoms with Gasteiger partial charge in [-0.2, -0.15) is 5.10 Å². The van der Waals surface area contributed by atoms with Crippen molar-refractivity contribution in [3.8, 4) is 0 Å². The van der Waals surface area contributed by atoms with E-state index in [1.165, 1.54) is 4.68 Å². The van der Waals surface area contributed by atoms with Gasteiger partial charge >= 0.3 is 0 Å². The van der Waals surface area contributed by atoms with Gasteiger partial charge in [-0.25, -0.2) is 0 Å². The van der Waals surface area contributed by atoms with E-state index in [0.717, 1.165) is 4.47 Å². The third-order valence-electron chi connectivity index (χ3n) is 2.64. The number of carbonyl (C=O) groups excluding carboxylic acids is 2. The second kappa shape index (κ2) is 6.73. The molecule has 21 heavy (non-hydrogen) atoms. The van der Waals surface area contributed by atoms with Crippen LogP contribution in [-0.2, 0) is 11.3 Å². The predicted molar refractivity (Wildman–Crippen MR) is 83.1 cm³/mol. The number of carbonyl (C=O) groups is 2. The molecule has 0 spiro atoms. The fraction of sp³-hybridized carbons (Fsp3) is 0.154. The highest BCUT2D eigenvalue weighted by molar-refractivity contribution is 9.10. The number of anilines is 1. The van der Waals surface area contributed by atoms with Crippen LogP contribution in [0.1, 0.15) is 16.8 Å². The molecular formula is C13H12BrClN4O2. The Hall–Kier alpha value is -1.86. The Bertz CT molecular complexity index is 687. The summed E-state index contributed by atoms with van der Waals surface area (Å²) in [5.74, 6) is -0.390. The smallest absolute Gasteiger partial charge is 0.258 e. The molecule has 0 unspecified atom stereocenters. The van der Waals surface area contributed by atoms with Gasteiger partial charge in [-0.3, -0.25) is 14.3 Å². The van der Waals surface area contributed by atoms with Crippen LogP contribution in [0.4, 0.5) is 5.82 Å². The monoisotopic (exact) mass is 370 g/mol. The lowest BCUT2D eigenvalue weighted by Crippen LogP contribution is -2.15. The van der Waals surface area contributed by atoms with Crippen molar-refractivity contribution in [2.75, 3.05) is 5.32 Å². The third-order valence-corrected chi connectivity index (χ3v) is 3.47. The molecule has 0 aliphatic rings. The molecule has 2 rings (SSSR count). The highest BCUT2D eigenvalue weighted by Crippen LogP contribution is 2.21. The Labute approximate surface area is 134 Å². The van der Waals surface area contributed by atoms with E-state index < -0.39 is 5.91 Å². The lowest BCUT2D eigenvalue weighted by molar-refractivity contribution is -0.118. The molecule has 0 radical (unpaired) electrons. The van der Waals surface area contributed by atoms with E-state index in [1.54, 1.807) is 30.5 Å². The van der Waals surface area contributed by atoms with Crippen LogP contribution in [-0.4, -0.2) is 21.6 Å². The zero-order chi connectivity index (χ0) is 15.4. The Morgan fingerprint density at radius 3 is 2.86 bits per heavy atom. The number of nitrogens with two attached hydrogens (primary N) is 1. The van der Waals surface area contributed by atoms with Crippen LogP contribution >= 0.6 is 27.5 Å². The van der Waals surface area contributed by atoms with Gasteiger partial charge < -0.3 is 11.1 Å². The maximum Gasteiger partial charge on any atom is 0.258 e. The third kappa shape index (κ3) is 4.30. The maximum atomic E-state index is 12.1. The zero-order valence-electron chi connectivity index (χ0n) is 10.8. The van der Waals surface area contributed by atoms with Crippen molar-refractivity contribution in [1.29, 1.82) is 0 Å². The fourth-order valence-corrected chi connectivity index (χ4v) is 2.20. The lowest BCUT2D eigenvalue weighted by Gasteiger charge is -2.05. The van der Waals surface area contributed by atoms with E-state index in [-0.39, 0.29) is 12.3 Å². The van der Waals surface area contributed by atoms with E-state index in [1.807, 2.05) is 0 Å². The van der Waals surface area contributed by atoms with E-state index in [0.29, 0.717) is 22.9 Å². The summed E-state index contributed by atoms with van der Waals surface area (Å²) < 4.78 is 2.28. The average Bonchev–Trinajstić information content (AvgIpc) is 2.86. The van der Waals surface area contributed by atoms with Crippen molar-refractivity contribution < 1.29 is 9.59 Å². The molecule has 110 valence electrons. The van der Waals surface area contributed by atoms with E-state index in [2.05, 4.69) is 26.3 Å². The van der Waals surface area contributed by atoms with Crippen LogP contribution in [0.15, 0.2) is 34.9 Å². The van der Waals surface area contributed by atoms with Gasteiger partial charge in [-0.05, 0) is 18.2 Å². The molecule has 0 bridgehead atoms.